The van der Waals surface area contributed by atoms with Crippen molar-refractivity contribution in [3.63, 3.8) is 0 Å². The van der Waals surface area contributed by atoms with Gasteiger partial charge in [-0.25, -0.2) is 0 Å². The molecule has 2 aromatic rings. The van der Waals surface area contributed by atoms with Gasteiger partial charge in [-0.05, 0) is 37.3 Å². The van der Waals surface area contributed by atoms with E-state index >= 15 is 0 Å². The minimum Gasteiger partial charge on any atom is -0.451 e. The molecule has 2 aliphatic rings. The fourth-order valence-corrected chi connectivity index (χ4v) is 4.44. The van der Waals surface area contributed by atoms with Crippen LogP contribution in [0.4, 0.5) is 0 Å². The van der Waals surface area contributed by atoms with Gasteiger partial charge in [-0.15, -0.1) is 12.4 Å². The van der Waals surface area contributed by atoms with Gasteiger partial charge in [-0.3, -0.25) is 9.59 Å². The van der Waals surface area contributed by atoms with Crippen LogP contribution < -0.4 is 5.73 Å². The molecule has 2 aliphatic heterocycles. The largest absolute Gasteiger partial charge is 0.451 e. The van der Waals surface area contributed by atoms with Crippen molar-refractivity contribution < 1.29 is 14.0 Å². The second-order valence-electron chi connectivity index (χ2n) is 7.39. The molecule has 0 radical (unpaired) electrons. The molecule has 6 nitrogen and oxygen atoms in total. The molecule has 0 aliphatic carbocycles. The lowest BCUT2D eigenvalue weighted by molar-refractivity contribution is -0.140. The zero-order valence-corrected chi connectivity index (χ0v) is 16.3. The van der Waals surface area contributed by atoms with Crippen molar-refractivity contribution in [1.29, 1.82) is 0 Å². The first-order valence-electron chi connectivity index (χ1n) is 9.36. The van der Waals surface area contributed by atoms with Gasteiger partial charge in [0.05, 0.1) is 0 Å². The zero-order chi connectivity index (χ0) is 18.3. The molecular weight excluding hydrogens is 366 g/mol. The molecule has 4 rings (SSSR count). The first-order valence-corrected chi connectivity index (χ1v) is 9.36. The fraction of sp³-hybridized carbons (Fsp3) is 0.500. The van der Waals surface area contributed by atoms with Crippen LogP contribution in [0, 0.1) is 12.8 Å². The smallest absolute Gasteiger partial charge is 0.289 e. The highest BCUT2D eigenvalue weighted by molar-refractivity contribution is 5.96. The summed E-state index contributed by atoms with van der Waals surface area (Å²) in [6.07, 6.45) is 2.20. The number of para-hydroxylation sites is 1. The molecule has 1 aromatic heterocycles. The Labute approximate surface area is 165 Å². The minimum atomic E-state index is -0.0543. The van der Waals surface area contributed by atoms with Crippen LogP contribution in [-0.2, 0) is 4.79 Å². The number of hydrogen-bond donors (Lipinski definition) is 1. The van der Waals surface area contributed by atoms with Gasteiger partial charge >= 0.3 is 0 Å². The van der Waals surface area contributed by atoms with E-state index in [4.69, 9.17) is 10.2 Å². The maximum absolute atomic E-state index is 13.0. The first-order chi connectivity index (χ1) is 12.6. The molecule has 0 bridgehead atoms. The van der Waals surface area contributed by atoms with E-state index < -0.39 is 0 Å². The van der Waals surface area contributed by atoms with E-state index in [1.165, 1.54) is 0 Å². The van der Waals surface area contributed by atoms with Crippen LogP contribution in [0.25, 0.3) is 11.0 Å². The Hall–Kier alpha value is -2.05. The molecule has 2 N–H and O–H groups in total. The van der Waals surface area contributed by atoms with Crippen LogP contribution in [0.5, 0.6) is 0 Å². The average molecular weight is 392 g/mol. The van der Waals surface area contributed by atoms with Crippen molar-refractivity contribution in [3.05, 3.63) is 35.6 Å². The molecule has 2 fully saturated rings. The van der Waals surface area contributed by atoms with Crippen LogP contribution in [0.3, 0.4) is 0 Å². The summed E-state index contributed by atoms with van der Waals surface area (Å²) in [7, 11) is 0. The third-order valence-electron chi connectivity index (χ3n) is 5.75. The number of amides is 2. The van der Waals surface area contributed by atoms with Crippen LogP contribution in [0.1, 0.15) is 35.4 Å². The third-order valence-corrected chi connectivity index (χ3v) is 5.75. The number of rotatable bonds is 3. The van der Waals surface area contributed by atoms with E-state index in [1.54, 1.807) is 0 Å². The van der Waals surface area contributed by atoms with E-state index in [9.17, 15) is 9.59 Å². The number of benzene rings is 1. The van der Waals surface area contributed by atoms with Gasteiger partial charge in [-0.2, -0.15) is 0 Å². The Morgan fingerprint density at radius 3 is 2.89 bits per heavy atom. The molecule has 2 saturated heterocycles. The number of likely N-dealkylation sites (tertiary alicyclic amines) is 2. The molecule has 1 aromatic carbocycles. The summed E-state index contributed by atoms with van der Waals surface area (Å²) < 4.78 is 5.85. The molecule has 27 heavy (non-hydrogen) atoms. The second kappa shape index (κ2) is 7.90. The SMILES string of the molecule is Cc1cccc2cc(C(=O)N3CC[C@@H]4[C@@H](CCC(=O)N4CCN)C3)oc12.Cl. The second-order valence-corrected chi connectivity index (χ2v) is 7.39. The summed E-state index contributed by atoms with van der Waals surface area (Å²) in [5.41, 5.74) is 7.48. The molecule has 0 unspecified atom stereocenters. The van der Waals surface area contributed by atoms with E-state index in [-0.39, 0.29) is 30.3 Å². The lowest BCUT2D eigenvalue weighted by Gasteiger charge is -2.46. The Morgan fingerprint density at radius 1 is 1.33 bits per heavy atom. The summed E-state index contributed by atoms with van der Waals surface area (Å²) in [4.78, 5) is 29.0. The van der Waals surface area contributed by atoms with Gasteiger partial charge < -0.3 is 20.0 Å². The highest BCUT2D eigenvalue weighted by atomic mass is 35.5. The molecular formula is C20H26ClN3O3. The highest BCUT2D eigenvalue weighted by Crippen LogP contribution is 2.32. The lowest BCUT2D eigenvalue weighted by atomic mass is 9.83. The van der Waals surface area contributed by atoms with Crippen molar-refractivity contribution >= 4 is 35.2 Å². The molecule has 146 valence electrons. The molecule has 3 heterocycles. The Balaban J connectivity index is 0.00000210. The first kappa shape index (κ1) is 19.7. The number of nitrogens with zero attached hydrogens (tertiary/aromatic N) is 2. The highest BCUT2D eigenvalue weighted by Gasteiger charge is 2.40. The summed E-state index contributed by atoms with van der Waals surface area (Å²) >= 11 is 0. The summed E-state index contributed by atoms with van der Waals surface area (Å²) in [5.74, 6) is 0.868. The van der Waals surface area contributed by atoms with Crippen LogP contribution >= 0.6 is 12.4 Å². The normalized spacial score (nSPS) is 22.5. The van der Waals surface area contributed by atoms with Crippen molar-refractivity contribution in [2.24, 2.45) is 11.7 Å². The number of aryl methyl sites for hydroxylation is 1. The van der Waals surface area contributed by atoms with Gasteiger partial charge in [0, 0.05) is 44.0 Å². The fourth-order valence-electron chi connectivity index (χ4n) is 4.44. The van der Waals surface area contributed by atoms with Gasteiger partial charge in [0.1, 0.15) is 5.58 Å². The third kappa shape index (κ3) is 3.56. The molecule has 0 saturated carbocycles. The Morgan fingerprint density at radius 2 is 2.15 bits per heavy atom. The quantitative estimate of drug-likeness (QED) is 0.872. The van der Waals surface area contributed by atoms with Gasteiger partial charge in [0.2, 0.25) is 5.91 Å². The van der Waals surface area contributed by atoms with E-state index in [0.29, 0.717) is 44.3 Å². The van der Waals surface area contributed by atoms with Gasteiger partial charge in [0.25, 0.3) is 5.91 Å². The summed E-state index contributed by atoms with van der Waals surface area (Å²) in [6, 6.07) is 7.96. The zero-order valence-electron chi connectivity index (χ0n) is 15.5. The van der Waals surface area contributed by atoms with Crippen molar-refractivity contribution in [2.45, 2.75) is 32.2 Å². The van der Waals surface area contributed by atoms with E-state index in [2.05, 4.69) is 0 Å². The Bertz CT molecular complexity index is 850. The van der Waals surface area contributed by atoms with Crippen molar-refractivity contribution in [2.75, 3.05) is 26.2 Å². The maximum atomic E-state index is 13.0. The number of piperidine rings is 2. The number of nitrogens with two attached hydrogens (primary N) is 1. The predicted octanol–water partition coefficient (Wildman–Crippen LogP) is 2.57. The maximum Gasteiger partial charge on any atom is 0.289 e. The monoisotopic (exact) mass is 391 g/mol. The van der Waals surface area contributed by atoms with Gasteiger partial charge in [0.15, 0.2) is 5.76 Å². The summed E-state index contributed by atoms with van der Waals surface area (Å²) in [5, 5.41) is 0.959. The van der Waals surface area contributed by atoms with Crippen LogP contribution in [-0.4, -0.2) is 53.8 Å². The molecule has 7 heteroatoms. The standard InChI is InChI=1S/C20H25N3O3.ClH/c1-13-3-2-4-14-11-17(26-19(13)14)20(25)22-9-7-16-15(12-22)5-6-18(24)23(16)10-8-21;/h2-4,11,15-16H,5-10,12,21H2,1H3;1H/t15-,16+;/m0./s1. The van der Waals surface area contributed by atoms with Crippen LogP contribution in [0.15, 0.2) is 28.7 Å². The van der Waals surface area contributed by atoms with Crippen molar-refractivity contribution in [1.82, 2.24) is 9.80 Å². The van der Waals surface area contributed by atoms with E-state index in [1.807, 2.05) is 41.0 Å². The molecule has 2 atom stereocenters. The number of fused-ring (bicyclic) bond motifs is 2. The minimum absolute atomic E-state index is 0. The lowest BCUT2D eigenvalue weighted by Crippen LogP contribution is -2.57. The molecule has 2 amide bonds. The number of halogens is 1. The van der Waals surface area contributed by atoms with Gasteiger partial charge in [-0.1, -0.05) is 18.2 Å². The Kier molecular flexibility index (Phi) is 5.77. The number of carbonyl (C=O) groups is 2. The average Bonchev–Trinajstić information content (AvgIpc) is 3.09. The number of hydrogen-bond acceptors (Lipinski definition) is 4. The number of furan rings is 1. The van der Waals surface area contributed by atoms with E-state index in [0.717, 1.165) is 29.4 Å². The summed E-state index contributed by atoms with van der Waals surface area (Å²) in [6.45, 7) is 4.39. The molecule has 0 spiro atoms. The number of carbonyl (C=O) groups excluding carboxylic acids is 2. The van der Waals surface area contributed by atoms with Crippen molar-refractivity contribution in [3.8, 4) is 0 Å². The topological polar surface area (TPSA) is 79.8 Å². The predicted molar refractivity (Wildman–Crippen MR) is 106 cm³/mol. The van der Waals surface area contributed by atoms with Crippen LogP contribution in [0.2, 0.25) is 0 Å².